The minimum Gasteiger partial charge on any atom is -0.481 e. The van der Waals surface area contributed by atoms with Crippen LogP contribution < -0.4 is 5.73 Å². The van der Waals surface area contributed by atoms with Crippen molar-refractivity contribution in [2.45, 2.75) is 12.5 Å². The second-order valence-corrected chi connectivity index (χ2v) is 3.57. The molecular weight excluding hydrogens is 242 g/mol. The average Bonchev–Trinajstić information content (AvgIpc) is 2.76. The SMILES string of the molecule is Cl.N[C@H](C(=O)O)[C@H]1[C@H](CC(=O)O)[C@@H]1C(=O)O. The first-order chi connectivity index (χ1) is 6.86. The van der Waals surface area contributed by atoms with Gasteiger partial charge in [0.05, 0.1) is 5.92 Å². The minimum absolute atomic E-state index is 0. The maximum atomic E-state index is 10.6. The highest BCUT2D eigenvalue weighted by molar-refractivity contribution is 5.85. The zero-order valence-corrected chi connectivity index (χ0v) is 8.88. The van der Waals surface area contributed by atoms with Gasteiger partial charge >= 0.3 is 17.9 Å². The van der Waals surface area contributed by atoms with Gasteiger partial charge in [-0.25, -0.2) is 0 Å². The third-order valence-corrected chi connectivity index (χ3v) is 2.62. The highest BCUT2D eigenvalue weighted by atomic mass is 35.5. The quantitative estimate of drug-likeness (QED) is 0.505. The summed E-state index contributed by atoms with van der Waals surface area (Å²) in [7, 11) is 0. The largest absolute Gasteiger partial charge is 0.481 e. The molecule has 1 aliphatic carbocycles. The molecule has 0 aromatic carbocycles. The van der Waals surface area contributed by atoms with Crippen LogP contribution in [0, 0.1) is 17.8 Å². The van der Waals surface area contributed by atoms with E-state index in [-0.39, 0.29) is 18.8 Å². The fourth-order valence-electron chi connectivity index (χ4n) is 1.87. The Morgan fingerprint density at radius 3 is 2.00 bits per heavy atom. The lowest BCUT2D eigenvalue weighted by Crippen LogP contribution is -2.34. The summed E-state index contributed by atoms with van der Waals surface area (Å²) in [6.07, 6.45) is -0.359. The van der Waals surface area contributed by atoms with E-state index in [2.05, 4.69) is 0 Å². The molecule has 7 nitrogen and oxygen atoms in total. The summed E-state index contributed by atoms with van der Waals surface area (Å²) in [4.78, 5) is 31.5. The van der Waals surface area contributed by atoms with Gasteiger partial charge in [0.25, 0.3) is 0 Å². The number of hydrogen-bond donors (Lipinski definition) is 4. The minimum atomic E-state index is -1.31. The molecule has 0 bridgehead atoms. The Morgan fingerprint density at radius 2 is 1.69 bits per heavy atom. The van der Waals surface area contributed by atoms with Crippen LogP contribution in [0.5, 0.6) is 0 Å². The van der Waals surface area contributed by atoms with Gasteiger partial charge in [-0.2, -0.15) is 0 Å². The standard InChI is InChI=1S/C8H11NO6.ClH/c9-6(8(14)15)4-2(1-3(10)11)5(4)7(12)13;/h2,4-6H,1,9H2,(H,10,11)(H,12,13)(H,14,15);1H/t2-,4-,5-,6-;/m0./s1. The van der Waals surface area contributed by atoms with Crippen molar-refractivity contribution in [2.75, 3.05) is 0 Å². The van der Waals surface area contributed by atoms with Gasteiger partial charge in [0.1, 0.15) is 6.04 Å². The summed E-state index contributed by atoms with van der Waals surface area (Å²) in [5.74, 6) is -6.05. The molecule has 0 aromatic heterocycles. The molecule has 0 aromatic rings. The first-order valence-corrected chi connectivity index (χ1v) is 4.29. The Morgan fingerprint density at radius 1 is 1.19 bits per heavy atom. The van der Waals surface area contributed by atoms with E-state index in [1.54, 1.807) is 0 Å². The van der Waals surface area contributed by atoms with Gasteiger partial charge in [-0.15, -0.1) is 12.4 Å². The van der Waals surface area contributed by atoms with E-state index in [0.717, 1.165) is 0 Å². The second-order valence-electron chi connectivity index (χ2n) is 3.57. The van der Waals surface area contributed by atoms with Crippen molar-refractivity contribution in [3.05, 3.63) is 0 Å². The zero-order chi connectivity index (χ0) is 11.7. The third-order valence-electron chi connectivity index (χ3n) is 2.62. The van der Waals surface area contributed by atoms with Gasteiger partial charge in [-0.3, -0.25) is 14.4 Å². The van der Waals surface area contributed by atoms with E-state index in [0.29, 0.717) is 0 Å². The van der Waals surface area contributed by atoms with Gasteiger partial charge in [-0.1, -0.05) is 0 Å². The van der Waals surface area contributed by atoms with Crippen molar-refractivity contribution in [3.63, 3.8) is 0 Å². The molecule has 1 saturated carbocycles. The molecule has 0 spiro atoms. The van der Waals surface area contributed by atoms with Crippen molar-refractivity contribution < 1.29 is 29.7 Å². The molecule has 0 unspecified atom stereocenters. The van der Waals surface area contributed by atoms with Crippen molar-refractivity contribution in [1.29, 1.82) is 0 Å². The first-order valence-electron chi connectivity index (χ1n) is 4.29. The molecular formula is C8H12ClNO6. The molecule has 8 heteroatoms. The number of halogens is 1. The molecule has 5 N–H and O–H groups in total. The molecule has 4 atom stereocenters. The number of nitrogens with two attached hydrogens (primary N) is 1. The van der Waals surface area contributed by atoms with Crippen LogP contribution in [0.25, 0.3) is 0 Å². The number of carboxylic acid groups (broad SMARTS) is 3. The van der Waals surface area contributed by atoms with Gasteiger partial charge in [0, 0.05) is 12.3 Å². The summed E-state index contributed by atoms with van der Waals surface area (Å²) in [6, 6.07) is -1.31. The number of hydrogen-bond acceptors (Lipinski definition) is 4. The van der Waals surface area contributed by atoms with Crippen LogP contribution >= 0.6 is 12.4 Å². The van der Waals surface area contributed by atoms with Gasteiger partial charge in [-0.05, 0) is 5.92 Å². The van der Waals surface area contributed by atoms with Crippen molar-refractivity contribution >= 4 is 30.3 Å². The average molecular weight is 254 g/mol. The van der Waals surface area contributed by atoms with Crippen LogP contribution in [0.15, 0.2) is 0 Å². The lowest BCUT2D eigenvalue weighted by Gasteiger charge is -2.03. The monoisotopic (exact) mass is 253 g/mol. The highest BCUT2D eigenvalue weighted by Gasteiger charge is 2.59. The topological polar surface area (TPSA) is 138 Å². The summed E-state index contributed by atoms with van der Waals surface area (Å²) < 4.78 is 0. The number of rotatable bonds is 5. The molecule has 1 aliphatic rings. The smallest absolute Gasteiger partial charge is 0.320 e. The molecule has 16 heavy (non-hydrogen) atoms. The van der Waals surface area contributed by atoms with Gasteiger partial charge < -0.3 is 21.1 Å². The van der Waals surface area contributed by atoms with Crippen LogP contribution in [0.3, 0.4) is 0 Å². The van der Waals surface area contributed by atoms with E-state index in [1.165, 1.54) is 0 Å². The Balaban J connectivity index is 0.00000225. The van der Waals surface area contributed by atoms with E-state index in [1.807, 2.05) is 0 Å². The summed E-state index contributed by atoms with van der Waals surface area (Å²) in [5.41, 5.74) is 5.26. The fraction of sp³-hybridized carbons (Fsp3) is 0.625. The molecule has 0 saturated heterocycles. The predicted octanol–water partition coefficient (Wildman–Crippen LogP) is -0.758. The van der Waals surface area contributed by atoms with E-state index < -0.39 is 41.7 Å². The lowest BCUT2D eigenvalue weighted by atomic mass is 10.1. The normalized spacial score (nSPS) is 28.7. The Bertz CT molecular complexity index is 320. The fourth-order valence-corrected chi connectivity index (χ4v) is 1.87. The molecule has 1 fully saturated rings. The van der Waals surface area contributed by atoms with Crippen molar-refractivity contribution in [2.24, 2.45) is 23.5 Å². The first kappa shape index (κ1) is 14.7. The summed E-state index contributed by atoms with van der Waals surface area (Å²) in [6.45, 7) is 0. The highest BCUT2D eigenvalue weighted by Crippen LogP contribution is 2.50. The van der Waals surface area contributed by atoms with Crippen molar-refractivity contribution in [3.8, 4) is 0 Å². The number of aliphatic carboxylic acids is 3. The van der Waals surface area contributed by atoms with Gasteiger partial charge in [0.2, 0.25) is 0 Å². The van der Waals surface area contributed by atoms with E-state index in [9.17, 15) is 14.4 Å². The van der Waals surface area contributed by atoms with E-state index >= 15 is 0 Å². The number of carboxylic acids is 3. The van der Waals surface area contributed by atoms with Crippen LogP contribution in [0.4, 0.5) is 0 Å². The molecule has 0 amide bonds. The van der Waals surface area contributed by atoms with Gasteiger partial charge in [0.15, 0.2) is 0 Å². The summed E-state index contributed by atoms with van der Waals surface area (Å²) in [5, 5.41) is 25.8. The predicted molar refractivity (Wildman–Crippen MR) is 53.2 cm³/mol. The molecule has 92 valence electrons. The molecule has 0 aliphatic heterocycles. The van der Waals surface area contributed by atoms with Crippen LogP contribution in [-0.4, -0.2) is 39.3 Å². The third kappa shape index (κ3) is 2.83. The Kier molecular flexibility index (Phi) is 4.70. The lowest BCUT2D eigenvalue weighted by molar-refractivity contribution is -0.140. The van der Waals surface area contributed by atoms with Crippen LogP contribution in [0.2, 0.25) is 0 Å². The Labute approximate surface area is 96.6 Å². The van der Waals surface area contributed by atoms with Crippen molar-refractivity contribution in [1.82, 2.24) is 0 Å². The second kappa shape index (κ2) is 5.13. The molecule has 1 rings (SSSR count). The molecule has 0 radical (unpaired) electrons. The van der Waals surface area contributed by atoms with E-state index in [4.69, 9.17) is 21.1 Å². The Hall–Kier alpha value is -1.34. The number of carbonyl (C=O) groups is 3. The van der Waals surface area contributed by atoms with Crippen LogP contribution in [0.1, 0.15) is 6.42 Å². The summed E-state index contributed by atoms with van der Waals surface area (Å²) >= 11 is 0. The van der Waals surface area contributed by atoms with Crippen LogP contribution in [-0.2, 0) is 14.4 Å². The molecule has 0 heterocycles. The zero-order valence-electron chi connectivity index (χ0n) is 8.07. The maximum absolute atomic E-state index is 10.6. The maximum Gasteiger partial charge on any atom is 0.320 e.